The Morgan fingerprint density at radius 3 is 2.61 bits per heavy atom. The molecule has 1 amide bonds. The largest absolute Gasteiger partial charge is 0.355 e. The summed E-state index contributed by atoms with van der Waals surface area (Å²) >= 11 is 12.0. The molecule has 0 heterocycles. The minimum absolute atomic E-state index is 0.0724. The fourth-order valence-corrected chi connectivity index (χ4v) is 1.87. The van der Waals surface area contributed by atoms with Gasteiger partial charge in [0.15, 0.2) is 0 Å². The molecule has 4 heteroatoms. The number of hydrogen-bond acceptors (Lipinski definition) is 1. The summed E-state index contributed by atoms with van der Waals surface area (Å²) in [6.07, 6.45) is 1.50. The summed E-state index contributed by atoms with van der Waals surface area (Å²) in [6, 6.07) is 5.54. The van der Waals surface area contributed by atoms with Crippen LogP contribution in [0.4, 0.5) is 0 Å². The van der Waals surface area contributed by atoms with E-state index in [4.69, 9.17) is 23.2 Å². The van der Waals surface area contributed by atoms with Gasteiger partial charge in [0.1, 0.15) is 0 Å². The lowest BCUT2D eigenvalue weighted by Crippen LogP contribution is -2.37. The van der Waals surface area contributed by atoms with Crippen molar-refractivity contribution in [2.24, 2.45) is 5.41 Å². The highest BCUT2D eigenvalue weighted by atomic mass is 35.5. The molecule has 0 radical (unpaired) electrons. The minimum atomic E-state index is -0.321. The Hall–Kier alpha value is -0.730. The van der Waals surface area contributed by atoms with Gasteiger partial charge in [0.05, 0.1) is 10.0 Å². The van der Waals surface area contributed by atoms with Crippen LogP contribution in [0, 0.1) is 5.41 Å². The molecule has 0 fully saturated rings. The number of nitrogens with one attached hydrogen (secondary N) is 1. The van der Waals surface area contributed by atoms with Crippen LogP contribution in [0.25, 0.3) is 0 Å². The lowest BCUT2D eigenvalue weighted by molar-refractivity contribution is -0.129. The number of carbonyl (C=O) groups excluding carboxylic acids is 1. The standard InChI is InChI=1S/C14H19Cl2NO/c1-4-14(2,3)13(18)17-9-8-10-6-5-7-11(15)12(10)16/h5-7H,4,8-9H2,1-3H3,(H,17,18). The van der Waals surface area contributed by atoms with E-state index in [0.29, 0.717) is 23.0 Å². The van der Waals surface area contributed by atoms with Crippen LogP contribution >= 0.6 is 23.2 Å². The average Bonchev–Trinajstić information content (AvgIpc) is 2.34. The maximum Gasteiger partial charge on any atom is 0.225 e. The quantitative estimate of drug-likeness (QED) is 0.868. The molecule has 1 rings (SSSR count). The van der Waals surface area contributed by atoms with Crippen LogP contribution in [0.3, 0.4) is 0 Å². The molecule has 2 nitrogen and oxygen atoms in total. The number of hydrogen-bond donors (Lipinski definition) is 1. The van der Waals surface area contributed by atoms with Crippen LogP contribution in [-0.2, 0) is 11.2 Å². The highest BCUT2D eigenvalue weighted by Gasteiger charge is 2.24. The predicted molar refractivity (Wildman–Crippen MR) is 77.2 cm³/mol. The second-order valence-corrected chi connectivity index (χ2v) is 5.74. The molecule has 0 saturated carbocycles. The summed E-state index contributed by atoms with van der Waals surface area (Å²) in [4.78, 5) is 11.9. The number of carbonyl (C=O) groups is 1. The molecular formula is C14H19Cl2NO. The number of rotatable bonds is 5. The lowest BCUT2D eigenvalue weighted by atomic mass is 9.89. The summed E-state index contributed by atoms with van der Waals surface area (Å²) < 4.78 is 0. The fraction of sp³-hybridized carbons (Fsp3) is 0.500. The predicted octanol–water partition coefficient (Wildman–Crippen LogP) is 4.09. The van der Waals surface area contributed by atoms with Crippen LogP contribution in [0.1, 0.15) is 32.8 Å². The lowest BCUT2D eigenvalue weighted by Gasteiger charge is -2.21. The molecule has 0 spiro atoms. The van der Waals surface area contributed by atoms with Gasteiger partial charge in [-0.05, 0) is 24.5 Å². The van der Waals surface area contributed by atoms with Gasteiger partial charge in [-0.1, -0.05) is 56.1 Å². The summed E-state index contributed by atoms with van der Waals surface area (Å²) in [5.41, 5.74) is 0.636. The maximum atomic E-state index is 11.9. The third-order valence-electron chi connectivity index (χ3n) is 3.21. The van der Waals surface area contributed by atoms with Crippen molar-refractivity contribution < 1.29 is 4.79 Å². The van der Waals surface area contributed by atoms with Crippen molar-refractivity contribution in [3.05, 3.63) is 33.8 Å². The second-order valence-electron chi connectivity index (χ2n) is 4.96. The van der Waals surface area contributed by atoms with Crippen molar-refractivity contribution in [2.45, 2.75) is 33.6 Å². The Bertz CT molecular complexity index is 430. The average molecular weight is 288 g/mol. The van der Waals surface area contributed by atoms with Gasteiger partial charge in [-0.3, -0.25) is 4.79 Å². The van der Waals surface area contributed by atoms with Gasteiger partial charge >= 0.3 is 0 Å². The van der Waals surface area contributed by atoms with Gasteiger partial charge < -0.3 is 5.32 Å². The van der Waals surface area contributed by atoms with Gasteiger partial charge in [-0.15, -0.1) is 0 Å². The first-order valence-corrected chi connectivity index (χ1v) is 6.85. The van der Waals surface area contributed by atoms with E-state index in [0.717, 1.165) is 12.0 Å². The van der Waals surface area contributed by atoms with Gasteiger partial charge in [0.2, 0.25) is 5.91 Å². The molecule has 0 atom stereocenters. The third kappa shape index (κ3) is 3.89. The minimum Gasteiger partial charge on any atom is -0.355 e. The third-order valence-corrected chi connectivity index (χ3v) is 4.07. The topological polar surface area (TPSA) is 29.1 Å². The van der Waals surface area contributed by atoms with Crippen LogP contribution in [0.5, 0.6) is 0 Å². The van der Waals surface area contributed by atoms with Crippen molar-refractivity contribution in [1.29, 1.82) is 0 Å². The Morgan fingerprint density at radius 2 is 2.00 bits per heavy atom. The second kappa shape index (κ2) is 6.44. The zero-order chi connectivity index (χ0) is 13.8. The molecule has 1 N–H and O–H groups in total. The van der Waals surface area contributed by atoms with Crippen LogP contribution < -0.4 is 5.32 Å². The Balaban J connectivity index is 2.52. The monoisotopic (exact) mass is 287 g/mol. The molecule has 1 aromatic carbocycles. The highest BCUT2D eigenvalue weighted by Crippen LogP contribution is 2.25. The Morgan fingerprint density at radius 1 is 1.33 bits per heavy atom. The van der Waals surface area contributed by atoms with E-state index in [1.807, 2.05) is 32.9 Å². The van der Waals surface area contributed by atoms with Crippen molar-refractivity contribution >= 4 is 29.1 Å². The van der Waals surface area contributed by atoms with Gasteiger partial charge in [0.25, 0.3) is 0 Å². The molecule has 0 aliphatic heterocycles. The summed E-state index contributed by atoms with van der Waals surface area (Å²) in [5, 5.41) is 4.05. The van der Waals surface area contributed by atoms with Crippen molar-refractivity contribution in [2.75, 3.05) is 6.54 Å². The van der Waals surface area contributed by atoms with E-state index in [2.05, 4.69) is 5.32 Å². The molecule has 1 aromatic rings. The molecule has 0 aliphatic carbocycles. The number of halogens is 2. The molecule has 18 heavy (non-hydrogen) atoms. The molecular weight excluding hydrogens is 269 g/mol. The maximum absolute atomic E-state index is 11.9. The van der Waals surface area contributed by atoms with E-state index in [1.165, 1.54) is 0 Å². The zero-order valence-electron chi connectivity index (χ0n) is 11.0. The highest BCUT2D eigenvalue weighted by molar-refractivity contribution is 6.42. The van der Waals surface area contributed by atoms with Crippen molar-refractivity contribution in [3.8, 4) is 0 Å². The van der Waals surface area contributed by atoms with Gasteiger partial charge in [-0.2, -0.15) is 0 Å². The summed E-state index contributed by atoms with van der Waals surface area (Å²) in [7, 11) is 0. The molecule has 0 saturated heterocycles. The fourth-order valence-electron chi connectivity index (χ4n) is 1.45. The van der Waals surface area contributed by atoms with Gasteiger partial charge in [0, 0.05) is 12.0 Å². The first-order valence-electron chi connectivity index (χ1n) is 6.09. The molecule has 0 aliphatic rings. The Kier molecular flexibility index (Phi) is 5.48. The SMILES string of the molecule is CCC(C)(C)C(=O)NCCc1cccc(Cl)c1Cl. The van der Waals surface area contributed by atoms with E-state index in [9.17, 15) is 4.79 Å². The molecule has 100 valence electrons. The van der Waals surface area contributed by atoms with Crippen LogP contribution in [-0.4, -0.2) is 12.5 Å². The zero-order valence-corrected chi connectivity index (χ0v) is 12.5. The number of benzene rings is 1. The molecule has 0 aromatic heterocycles. The smallest absolute Gasteiger partial charge is 0.225 e. The first-order chi connectivity index (χ1) is 8.38. The molecule has 0 unspecified atom stereocenters. The number of amides is 1. The van der Waals surface area contributed by atoms with E-state index in [1.54, 1.807) is 6.07 Å². The summed E-state index contributed by atoms with van der Waals surface area (Å²) in [5.74, 6) is 0.0724. The van der Waals surface area contributed by atoms with Gasteiger partial charge in [-0.25, -0.2) is 0 Å². The van der Waals surface area contributed by atoms with Crippen molar-refractivity contribution in [3.63, 3.8) is 0 Å². The molecule has 0 bridgehead atoms. The van der Waals surface area contributed by atoms with Crippen molar-refractivity contribution in [1.82, 2.24) is 5.32 Å². The van der Waals surface area contributed by atoms with Crippen LogP contribution in [0.2, 0.25) is 10.0 Å². The van der Waals surface area contributed by atoms with E-state index in [-0.39, 0.29) is 11.3 Å². The first kappa shape index (κ1) is 15.3. The van der Waals surface area contributed by atoms with Crippen LogP contribution in [0.15, 0.2) is 18.2 Å². The van der Waals surface area contributed by atoms with E-state index >= 15 is 0 Å². The Labute approximate surface area is 119 Å². The normalized spacial score (nSPS) is 11.4. The summed E-state index contributed by atoms with van der Waals surface area (Å²) in [6.45, 7) is 6.46. The van der Waals surface area contributed by atoms with E-state index < -0.39 is 0 Å².